The minimum Gasteiger partial charge on any atom is -0.389 e. The van der Waals surface area contributed by atoms with Gasteiger partial charge in [0.2, 0.25) is 10.0 Å². The number of nitrogens with zero attached hydrogens (tertiary/aromatic N) is 1. The van der Waals surface area contributed by atoms with Crippen molar-refractivity contribution < 1.29 is 12.8 Å². The molecule has 0 unspecified atom stereocenters. The number of halogens is 1. The third-order valence-electron chi connectivity index (χ3n) is 2.79. The van der Waals surface area contributed by atoms with Gasteiger partial charge in [0.15, 0.2) is 0 Å². The second kappa shape index (κ2) is 7.10. The molecule has 0 atom stereocenters. The van der Waals surface area contributed by atoms with Crippen LogP contribution in [-0.4, -0.2) is 30.8 Å². The molecule has 0 spiro atoms. The molecule has 2 N–H and O–H groups in total. The summed E-state index contributed by atoms with van der Waals surface area (Å²) in [4.78, 5) is -0.138. The number of sulfonamides is 1. The largest absolute Gasteiger partial charge is 0.389 e. The van der Waals surface area contributed by atoms with Gasteiger partial charge in [0, 0.05) is 18.7 Å². The highest BCUT2D eigenvalue weighted by atomic mass is 32.2. The molecule has 0 aliphatic rings. The average Bonchev–Trinajstić information content (AvgIpc) is 2.38. The maximum absolute atomic E-state index is 13.5. The molecule has 0 aromatic heterocycles. The fraction of sp³-hybridized carbons (Fsp3) is 0.462. The van der Waals surface area contributed by atoms with Crippen molar-refractivity contribution in [2.45, 2.75) is 31.6 Å². The lowest BCUT2D eigenvalue weighted by Gasteiger charge is -2.21. The van der Waals surface area contributed by atoms with Crippen molar-refractivity contribution in [2.75, 3.05) is 13.1 Å². The van der Waals surface area contributed by atoms with Crippen LogP contribution in [0.15, 0.2) is 23.1 Å². The highest BCUT2D eigenvalue weighted by molar-refractivity contribution is 7.89. The van der Waals surface area contributed by atoms with Crippen LogP contribution >= 0.6 is 12.2 Å². The van der Waals surface area contributed by atoms with Gasteiger partial charge in [-0.2, -0.15) is 4.31 Å². The lowest BCUT2D eigenvalue weighted by molar-refractivity contribution is 0.410. The van der Waals surface area contributed by atoms with Crippen LogP contribution in [-0.2, 0) is 10.0 Å². The van der Waals surface area contributed by atoms with Crippen LogP contribution in [0.25, 0.3) is 0 Å². The Morgan fingerprint density at radius 2 is 1.85 bits per heavy atom. The van der Waals surface area contributed by atoms with Crippen molar-refractivity contribution in [3.63, 3.8) is 0 Å². The van der Waals surface area contributed by atoms with Crippen molar-refractivity contribution in [1.29, 1.82) is 0 Å². The van der Waals surface area contributed by atoms with Crippen molar-refractivity contribution >= 4 is 27.2 Å². The summed E-state index contributed by atoms with van der Waals surface area (Å²) in [5, 5.41) is 0. The van der Waals surface area contributed by atoms with E-state index < -0.39 is 15.8 Å². The van der Waals surface area contributed by atoms with Gasteiger partial charge in [-0.15, -0.1) is 0 Å². The van der Waals surface area contributed by atoms with E-state index in [1.54, 1.807) is 0 Å². The SMILES string of the molecule is CCCN(CCC)S(=O)(=O)c1ccc(F)c(C(N)=S)c1. The number of nitrogens with two attached hydrogens (primary N) is 1. The first-order chi connectivity index (χ1) is 9.34. The molecule has 112 valence electrons. The average molecular weight is 318 g/mol. The van der Waals surface area contributed by atoms with Crippen molar-refractivity contribution in [1.82, 2.24) is 4.31 Å². The number of hydrogen-bond donors (Lipinski definition) is 1. The van der Waals surface area contributed by atoms with E-state index >= 15 is 0 Å². The molecule has 0 saturated carbocycles. The summed E-state index contributed by atoms with van der Waals surface area (Å²) in [6.07, 6.45) is 1.42. The minimum atomic E-state index is -3.65. The maximum atomic E-state index is 13.5. The van der Waals surface area contributed by atoms with Gasteiger partial charge in [-0.25, -0.2) is 12.8 Å². The molecule has 0 fully saturated rings. The molecule has 0 aliphatic heterocycles. The topological polar surface area (TPSA) is 63.4 Å². The molecule has 1 rings (SSSR count). The Labute approximate surface area is 124 Å². The first-order valence-corrected chi connectivity index (χ1v) is 8.28. The predicted octanol–water partition coefficient (Wildman–Crippen LogP) is 2.27. The fourth-order valence-corrected chi connectivity index (χ4v) is 3.66. The molecule has 0 radical (unpaired) electrons. The predicted molar refractivity (Wildman–Crippen MR) is 81.6 cm³/mol. The second-order valence-electron chi connectivity index (χ2n) is 4.41. The van der Waals surface area contributed by atoms with E-state index in [0.29, 0.717) is 25.9 Å². The Morgan fingerprint density at radius 1 is 1.30 bits per heavy atom. The monoisotopic (exact) mass is 318 g/mol. The molecule has 1 aromatic carbocycles. The van der Waals surface area contributed by atoms with Crippen LogP contribution < -0.4 is 5.73 Å². The summed E-state index contributed by atoms with van der Waals surface area (Å²) >= 11 is 4.73. The van der Waals surface area contributed by atoms with Gasteiger partial charge in [0.25, 0.3) is 0 Å². The van der Waals surface area contributed by atoms with Crippen molar-refractivity contribution in [3.05, 3.63) is 29.6 Å². The highest BCUT2D eigenvalue weighted by Crippen LogP contribution is 2.20. The number of rotatable bonds is 7. The molecule has 20 heavy (non-hydrogen) atoms. The fourth-order valence-electron chi connectivity index (χ4n) is 1.85. The number of hydrogen-bond acceptors (Lipinski definition) is 3. The van der Waals surface area contributed by atoms with E-state index in [-0.39, 0.29) is 15.4 Å². The highest BCUT2D eigenvalue weighted by Gasteiger charge is 2.24. The molecule has 1 aromatic rings. The van der Waals surface area contributed by atoms with Gasteiger partial charge in [0.05, 0.1) is 4.90 Å². The summed E-state index contributed by atoms with van der Waals surface area (Å²) in [5.74, 6) is -0.617. The maximum Gasteiger partial charge on any atom is 0.243 e. The molecule has 0 saturated heterocycles. The molecule has 0 heterocycles. The first-order valence-electron chi connectivity index (χ1n) is 6.44. The lowest BCUT2D eigenvalue weighted by Crippen LogP contribution is -2.32. The third-order valence-corrected chi connectivity index (χ3v) is 4.90. The zero-order chi connectivity index (χ0) is 15.3. The van der Waals surface area contributed by atoms with Crippen LogP contribution in [0.1, 0.15) is 32.3 Å². The van der Waals surface area contributed by atoms with Gasteiger partial charge in [0.1, 0.15) is 10.8 Å². The summed E-state index contributed by atoms with van der Waals surface area (Å²) in [6.45, 7) is 4.67. The van der Waals surface area contributed by atoms with E-state index in [4.69, 9.17) is 18.0 Å². The molecular weight excluding hydrogens is 299 g/mol. The van der Waals surface area contributed by atoms with Crippen molar-refractivity contribution in [2.24, 2.45) is 5.73 Å². The Hall–Kier alpha value is -1.05. The van der Waals surface area contributed by atoms with Gasteiger partial charge < -0.3 is 5.73 Å². The zero-order valence-corrected chi connectivity index (χ0v) is 13.2. The van der Waals surface area contributed by atoms with E-state index in [9.17, 15) is 12.8 Å². The van der Waals surface area contributed by atoms with Crippen LogP contribution in [0, 0.1) is 5.82 Å². The zero-order valence-electron chi connectivity index (χ0n) is 11.6. The van der Waals surface area contributed by atoms with E-state index in [1.807, 2.05) is 13.8 Å². The van der Waals surface area contributed by atoms with Crippen LogP contribution in [0.2, 0.25) is 0 Å². The molecule has 4 nitrogen and oxygen atoms in total. The van der Waals surface area contributed by atoms with Crippen molar-refractivity contribution in [3.8, 4) is 0 Å². The Morgan fingerprint density at radius 3 is 2.30 bits per heavy atom. The van der Waals surface area contributed by atoms with Crippen LogP contribution in [0.4, 0.5) is 4.39 Å². The molecule has 0 amide bonds. The lowest BCUT2D eigenvalue weighted by atomic mass is 10.2. The van der Waals surface area contributed by atoms with E-state index in [2.05, 4.69) is 0 Å². The number of benzene rings is 1. The Balaban J connectivity index is 3.26. The molecular formula is C13H19FN2O2S2. The second-order valence-corrected chi connectivity index (χ2v) is 6.79. The van der Waals surface area contributed by atoms with Gasteiger partial charge in [-0.05, 0) is 31.0 Å². The van der Waals surface area contributed by atoms with Gasteiger partial charge in [-0.3, -0.25) is 0 Å². The van der Waals surface area contributed by atoms with Crippen LogP contribution in [0.3, 0.4) is 0 Å². The van der Waals surface area contributed by atoms with Gasteiger partial charge in [-0.1, -0.05) is 26.1 Å². The number of thiocarbonyl (C=S) groups is 1. The quantitative estimate of drug-likeness (QED) is 0.783. The minimum absolute atomic E-state index is 0.0172. The first kappa shape index (κ1) is 17.0. The van der Waals surface area contributed by atoms with E-state index in [1.165, 1.54) is 16.4 Å². The van der Waals surface area contributed by atoms with Crippen LogP contribution in [0.5, 0.6) is 0 Å². The summed E-state index contributed by atoms with van der Waals surface area (Å²) < 4.78 is 40.0. The van der Waals surface area contributed by atoms with Gasteiger partial charge >= 0.3 is 0 Å². The molecule has 0 aliphatic carbocycles. The third kappa shape index (κ3) is 3.74. The smallest absolute Gasteiger partial charge is 0.243 e. The summed E-state index contributed by atoms with van der Waals surface area (Å²) in [7, 11) is -3.65. The Kier molecular flexibility index (Phi) is 6.04. The standard InChI is InChI=1S/C13H19FN2O2S2/c1-3-7-16(8-4-2)20(17,18)10-5-6-12(14)11(9-10)13(15)19/h5-6,9H,3-4,7-8H2,1-2H3,(H2,15,19). The molecule has 7 heteroatoms. The normalized spacial score (nSPS) is 11.8. The molecule has 0 bridgehead atoms. The van der Waals surface area contributed by atoms with E-state index in [0.717, 1.165) is 6.07 Å². The Bertz CT molecular complexity index is 582. The summed E-state index contributed by atoms with van der Waals surface area (Å²) in [6, 6.07) is 3.52. The summed E-state index contributed by atoms with van der Waals surface area (Å²) in [5.41, 5.74) is 5.36.